The molecule has 1 saturated heterocycles. The Balaban J connectivity index is 2.24. The van der Waals surface area contributed by atoms with E-state index >= 15 is 0 Å². The summed E-state index contributed by atoms with van der Waals surface area (Å²) >= 11 is 9.54. The summed E-state index contributed by atoms with van der Waals surface area (Å²) in [5, 5.41) is 3.31. The van der Waals surface area contributed by atoms with Gasteiger partial charge in [0.1, 0.15) is 0 Å². The number of esters is 2. The molecule has 1 aliphatic heterocycles. The highest BCUT2D eigenvalue weighted by Crippen LogP contribution is 2.31. The molecule has 1 aromatic carbocycles. The van der Waals surface area contributed by atoms with Crippen LogP contribution in [0.2, 0.25) is 5.02 Å². The molecule has 2 rings (SSSR count). The first kappa shape index (κ1) is 15.9. The smallest absolute Gasteiger partial charge is 0.350 e. The number of rotatable bonds is 2. The van der Waals surface area contributed by atoms with Gasteiger partial charge in [-0.2, -0.15) is 0 Å². The van der Waals surface area contributed by atoms with Gasteiger partial charge in [0.15, 0.2) is 5.57 Å². The van der Waals surface area contributed by atoms with Crippen LogP contribution in [-0.2, 0) is 19.1 Å². The van der Waals surface area contributed by atoms with E-state index in [0.29, 0.717) is 10.7 Å². The van der Waals surface area contributed by atoms with Gasteiger partial charge in [-0.3, -0.25) is 0 Å². The summed E-state index contributed by atoms with van der Waals surface area (Å²) in [4.78, 5) is 23.6. The number of ether oxygens (including phenoxy) is 2. The summed E-state index contributed by atoms with van der Waals surface area (Å²) in [5.41, 5.74) is 1.19. The van der Waals surface area contributed by atoms with Crippen LogP contribution in [0.15, 0.2) is 28.4 Å². The first-order valence-electron chi connectivity index (χ1n) is 6.09. The molecule has 0 amide bonds. The molecule has 1 aromatic rings. The summed E-state index contributed by atoms with van der Waals surface area (Å²) in [6.45, 7) is 4.82. The lowest BCUT2D eigenvalue weighted by atomic mass is 10.2. The van der Waals surface area contributed by atoms with Gasteiger partial charge in [0, 0.05) is 24.5 Å². The van der Waals surface area contributed by atoms with Crippen molar-refractivity contribution in [2.75, 3.05) is 5.32 Å². The molecule has 1 heterocycles. The van der Waals surface area contributed by atoms with Gasteiger partial charge in [0.25, 0.3) is 5.79 Å². The largest absolute Gasteiger partial charge is 0.419 e. The second-order valence-corrected chi connectivity index (χ2v) is 6.15. The normalized spacial score (nSPS) is 17.1. The van der Waals surface area contributed by atoms with Crippen LogP contribution in [0.25, 0.3) is 0 Å². The zero-order valence-electron chi connectivity index (χ0n) is 11.6. The van der Waals surface area contributed by atoms with E-state index in [1.54, 1.807) is 6.07 Å². The molecule has 7 heteroatoms. The predicted octanol–water partition coefficient (Wildman–Crippen LogP) is 3.54. The Hall–Kier alpha value is -1.53. The van der Waals surface area contributed by atoms with E-state index < -0.39 is 17.7 Å². The molecule has 1 aliphatic rings. The van der Waals surface area contributed by atoms with E-state index in [1.807, 2.05) is 13.0 Å². The maximum absolute atomic E-state index is 11.8. The van der Waals surface area contributed by atoms with E-state index in [2.05, 4.69) is 21.2 Å². The highest BCUT2D eigenvalue weighted by Gasteiger charge is 2.38. The maximum atomic E-state index is 11.8. The lowest BCUT2D eigenvalue weighted by molar-refractivity contribution is -0.222. The minimum atomic E-state index is -1.25. The van der Waals surface area contributed by atoms with Gasteiger partial charge in [-0.25, -0.2) is 9.59 Å². The first-order chi connectivity index (χ1) is 9.71. The van der Waals surface area contributed by atoms with E-state index in [9.17, 15) is 9.59 Å². The molecule has 0 radical (unpaired) electrons. The second-order valence-electron chi connectivity index (χ2n) is 4.92. The standard InChI is InChI=1S/C14H13BrClNO4/c1-7-9(15)4-5-10(11(7)16)17-6-8-12(18)20-14(2,3)21-13(8)19/h4-6,17H,1-3H3. The first-order valence-corrected chi connectivity index (χ1v) is 7.26. The highest BCUT2D eigenvalue weighted by molar-refractivity contribution is 9.10. The summed E-state index contributed by atoms with van der Waals surface area (Å²) in [5.74, 6) is -2.74. The molecular formula is C14H13BrClNO4. The van der Waals surface area contributed by atoms with Crippen molar-refractivity contribution in [2.45, 2.75) is 26.6 Å². The SMILES string of the molecule is Cc1c(Br)ccc(NC=C2C(=O)OC(C)(C)OC2=O)c1Cl. The second kappa shape index (κ2) is 5.69. The van der Waals surface area contributed by atoms with Crippen molar-refractivity contribution in [3.63, 3.8) is 0 Å². The summed E-state index contributed by atoms with van der Waals surface area (Å²) < 4.78 is 10.8. The zero-order valence-corrected chi connectivity index (χ0v) is 14.0. The Morgan fingerprint density at radius 1 is 1.24 bits per heavy atom. The summed E-state index contributed by atoms with van der Waals surface area (Å²) in [7, 11) is 0. The van der Waals surface area contributed by atoms with E-state index in [4.69, 9.17) is 21.1 Å². The van der Waals surface area contributed by atoms with Crippen molar-refractivity contribution in [3.8, 4) is 0 Å². The number of anilines is 1. The van der Waals surface area contributed by atoms with Crippen LogP contribution >= 0.6 is 27.5 Å². The van der Waals surface area contributed by atoms with Crippen molar-refractivity contribution >= 4 is 45.2 Å². The number of hydrogen-bond donors (Lipinski definition) is 1. The molecule has 0 saturated carbocycles. The number of cyclic esters (lactones) is 2. The van der Waals surface area contributed by atoms with Crippen LogP contribution in [0.3, 0.4) is 0 Å². The van der Waals surface area contributed by atoms with Crippen molar-refractivity contribution in [1.29, 1.82) is 0 Å². The van der Waals surface area contributed by atoms with E-state index in [0.717, 1.165) is 10.0 Å². The third kappa shape index (κ3) is 3.39. The molecule has 1 fully saturated rings. The molecule has 1 N–H and O–H groups in total. The van der Waals surface area contributed by atoms with Gasteiger partial charge in [-0.1, -0.05) is 27.5 Å². The van der Waals surface area contributed by atoms with Gasteiger partial charge < -0.3 is 14.8 Å². The highest BCUT2D eigenvalue weighted by atomic mass is 79.9. The average molecular weight is 375 g/mol. The fourth-order valence-corrected chi connectivity index (χ4v) is 2.37. The lowest BCUT2D eigenvalue weighted by Gasteiger charge is -2.29. The number of hydrogen-bond acceptors (Lipinski definition) is 5. The molecule has 0 spiro atoms. The number of nitrogens with one attached hydrogen (secondary N) is 1. The molecule has 0 bridgehead atoms. The van der Waals surface area contributed by atoms with Crippen molar-refractivity contribution in [2.24, 2.45) is 0 Å². The monoisotopic (exact) mass is 373 g/mol. The molecule has 0 unspecified atom stereocenters. The minimum Gasteiger partial charge on any atom is -0.419 e. The van der Waals surface area contributed by atoms with Crippen molar-refractivity contribution in [3.05, 3.63) is 39.0 Å². The fourth-order valence-electron chi connectivity index (χ4n) is 1.70. The Kier molecular flexibility index (Phi) is 4.30. The maximum Gasteiger partial charge on any atom is 0.350 e. The van der Waals surface area contributed by atoms with Crippen LogP contribution in [0.1, 0.15) is 19.4 Å². The minimum absolute atomic E-state index is 0.217. The average Bonchev–Trinajstić information content (AvgIpc) is 2.36. The number of carbonyl (C=O) groups excluding carboxylic acids is 2. The van der Waals surface area contributed by atoms with Crippen LogP contribution in [-0.4, -0.2) is 17.7 Å². The Morgan fingerprint density at radius 3 is 2.38 bits per heavy atom. The Labute approximate surface area is 135 Å². The van der Waals surface area contributed by atoms with Gasteiger partial charge in [-0.05, 0) is 24.6 Å². The quantitative estimate of drug-likeness (QED) is 0.487. The molecule has 21 heavy (non-hydrogen) atoms. The van der Waals surface area contributed by atoms with Crippen LogP contribution in [0, 0.1) is 6.92 Å². The zero-order chi connectivity index (χ0) is 15.8. The van der Waals surface area contributed by atoms with Crippen molar-refractivity contribution in [1.82, 2.24) is 0 Å². The molecule has 0 aromatic heterocycles. The fraction of sp³-hybridized carbons (Fsp3) is 0.286. The van der Waals surface area contributed by atoms with Gasteiger partial charge in [0.05, 0.1) is 10.7 Å². The number of halogens is 2. The van der Waals surface area contributed by atoms with Crippen LogP contribution in [0.4, 0.5) is 5.69 Å². The molecule has 0 aliphatic carbocycles. The van der Waals surface area contributed by atoms with E-state index in [1.165, 1.54) is 20.0 Å². The third-order valence-electron chi connectivity index (χ3n) is 2.81. The lowest BCUT2D eigenvalue weighted by Crippen LogP contribution is -2.42. The Bertz CT molecular complexity index is 633. The third-order valence-corrected chi connectivity index (χ3v) is 4.16. The number of benzene rings is 1. The van der Waals surface area contributed by atoms with Crippen LogP contribution < -0.4 is 5.32 Å². The van der Waals surface area contributed by atoms with Gasteiger partial charge in [-0.15, -0.1) is 0 Å². The molecular weight excluding hydrogens is 362 g/mol. The van der Waals surface area contributed by atoms with Gasteiger partial charge in [0.2, 0.25) is 0 Å². The molecule has 5 nitrogen and oxygen atoms in total. The summed E-state index contributed by atoms with van der Waals surface area (Å²) in [6.07, 6.45) is 1.23. The topological polar surface area (TPSA) is 64.6 Å². The summed E-state index contributed by atoms with van der Waals surface area (Å²) in [6, 6.07) is 3.53. The van der Waals surface area contributed by atoms with Crippen LogP contribution in [0.5, 0.6) is 0 Å². The Morgan fingerprint density at radius 2 is 1.81 bits per heavy atom. The van der Waals surface area contributed by atoms with E-state index in [-0.39, 0.29) is 5.57 Å². The predicted molar refractivity (Wildman–Crippen MR) is 81.9 cm³/mol. The molecule has 112 valence electrons. The van der Waals surface area contributed by atoms with Crippen molar-refractivity contribution < 1.29 is 19.1 Å². The number of carbonyl (C=O) groups is 2. The van der Waals surface area contributed by atoms with Gasteiger partial charge >= 0.3 is 11.9 Å². The molecule has 0 atom stereocenters.